The van der Waals surface area contributed by atoms with Crippen LogP contribution in [0.3, 0.4) is 0 Å². The molecule has 0 saturated carbocycles. The van der Waals surface area contributed by atoms with Gasteiger partial charge in [-0.2, -0.15) is 5.10 Å². The molecule has 1 aromatic heterocycles. The third kappa shape index (κ3) is 2.82. The van der Waals surface area contributed by atoms with Crippen molar-refractivity contribution in [3.05, 3.63) is 18.0 Å². The number of rotatable bonds is 5. The highest BCUT2D eigenvalue weighted by molar-refractivity contribution is 5.05. The minimum absolute atomic E-state index is 0.0269. The highest BCUT2D eigenvalue weighted by Gasteiger charge is 2.08. The van der Waals surface area contributed by atoms with Crippen LogP contribution >= 0.6 is 0 Å². The van der Waals surface area contributed by atoms with Crippen LogP contribution in [-0.4, -0.2) is 23.0 Å². The minimum atomic E-state index is 0.0269. The van der Waals surface area contributed by atoms with Crippen molar-refractivity contribution in [3.63, 3.8) is 0 Å². The molecule has 1 aromatic rings. The second kappa shape index (κ2) is 4.99. The molecule has 1 atom stereocenters. The van der Waals surface area contributed by atoms with Gasteiger partial charge in [0.15, 0.2) is 0 Å². The SMILES string of the molecule is CCOCCC(N)c1ccnn1C. The van der Waals surface area contributed by atoms with Gasteiger partial charge in [0, 0.05) is 32.5 Å². The van der Waals surface area contributed by atoms with Crippen molar-refractivity contribution in [1.82, 2.24) is 9.78 Å². The van der Waals surface area contributed by atoms with Crippen LogP contribution in [0.2, 0.25) is 0 Å². The van der Waals surface area contributed by atoms with Crippen LogP contribution in [0.4, 0.5) is 0 Å². The largest absolute Gasteiger partial charge is 0.382 e. The van der Waals surface area contributed by atoms with Crippen molar-refractivity contribution in [3.8, 4) is 0 Å². The molecule has 13 heavy (non-hydrogen) atoms. The Kier molecular flexibility index (Phi) is 3.92. The summed E-state index contributed by atoms with van der Waals surface area (Å²) >= 11 is 0. The van der Waals surface area contributed by atoms with Gasteiger partial charge in [-0.15, -0.1) is 0 Å². The van der Waals surface area contributed by atoms with Crippen molar-refractivity contribution < 1.29 is 4.74 Å². The summed E-state index contributed by atoms with van der Waals surface area (Å²) in [6.07, 6.45) is 2.60. The molecule has 0 amide bonds. The Labute approximate surface area is 78.7 Å². The van der Waals surface area contributed by atoms with E-state index in [0.717, 1.165) is 18.7 Å². The Morgan fingerprint density at radius 1 is 1.69 bits per heavy atom. The molecule has 0 bridgehead atoms. The van der Waals surface area contributed by atoms with E-state index < -0.39 is 0 Å². The Morgan fingerprint density at radius 3 is 3.00 bits per heavy atom. The second-order valence-electron chi connectivity index (χ2n) is 2.97. The smallest absolute Gasteiger partial charge is 0.0548 e. The molecule has 4 nitrogen and oxygen atoms in total. The first-order valence-electron chi connectivity index (χ1n) is 4.57. The monoisotopic (exact) mass is 183 g/mol. The van der Waals surface area contributed by atoms with Gasteiger partial charge >= 0.3 is 0 Å². The van der Waals surface area contributed by atoms with E-state index in [4.69, 9.17) is 10.5 Å². The molecule has 0 radical (unpaired) electrons. The van der Waals surface area contributed by atoms with Gasteiger partial charge in [0.1, 0.15) is 0 Å². The zero-order valence-corrected chi connectivity index (χ0v) is 8.23. The van der Waals surface area contributed by atoms with Gasteiger partial charge in [-0.3, -0.25) is 4.68 Å². The van der Waals surface area contributed by atoms with Gasteiger partial charge in [0.2, 0.25) is 0 Å². The van der Waals surface area contributed by atoms with E-state index in [-0.39, 0.29) is 6.04 Å². The van der Waals surface area contributed by atoms with Crippen LogP contribution in [0.5, 0.6) is 0 Å². The lowest BCUT2D eigenvalue weighted by atomic mass is 10.1. The fourth-order valence-electron chi connectivity index (χ4n) is 1.25. The molecular weight excluding hydrogens is 166 g/mol. The van der Waals surface area contributed by atoms with Gasteiger partial charge in [-0.25, -0.2) is 0 Å². The lowest BCUT2D eigenvalue weighted by molar-refractivity contribution is 0.139. The molecule has 0 aromatic carbocycles. The van der Waals surface area contributed by atoms with Crippen LogP contribution in [0, 0.1) is 0 Å². The molecular formula is C9H17N3O. The maximum absolute atomic E-state index is 5.94. The number of hydrogen-bond donors (Lipinski definition) is 1. The summed E-state index contributed by atoms with van der Waals surface area (Å²) in [5.74, 6) is 0. The fraction of sp³-hybridized carbons (Fsp3) is 0.667. The van der Waals surface area contributed by atoms with E-state index in [9.17, 15) is 0 Å². The number of aromatic nitrogens is 2. The van der Waals surface area contributed by atoms with Crippen molar-refractivity contribution in [2.24, 2.45) is 12.8 Å². The topological polar surface area (TPSA) is 53.1 Å². The Morgan fingerprint density at radius 2 is 2.46 bits per heavy atom. The van der Waals surface area contributed by atoms with Crippen LogP contribution in [0.15, 0.2) is 12.3 Å². The lowest BCUT2D eigenvalue weighted by Gasteiger charge is -2.11. The molecule has 74 valence electrons. The molecule has 0 saturated heterocycles. The number of nitrogens with two attached hydrogens (primary N) is 1. The third-order valence-corrected chi connectivity index (χ3v) is 2.02. The summed E-state index contributed by atoms with van der Waals surface area (Å²) in [5.41, 5.74) is 7.00. The third-order valence-electron chi connectivity index (χ3n) is 2.02. The zero-order chi connectivity index (χ0) is 9.68. The highest BCUT2D eigenvalue weighted by Crippen LogP contribution is 2.11. The molecule has 0 aliphatic heterocycles. The molecule has 1 heterocycles. The zero-order valence-electron chi connectivity index (χ0n) is 8.23. The van der Waals surface area contributed by atoms with Crippen LogP contribution in [0.1, 0.15) is 25.1 Å². The molecule has 2 N–H and O–H groups in total. The molecule has 1 rings (SSSR count). The number of ether oxygens (including phenoxy) is 1. The summed E-state index contributed by atoms with van der Waals surface area (Å²) < 4.78 is 7.03. The number of aryl methyl sites for hydroxylation is 1. The van der Waals surface area contributed by atoms with E-state index in [1.807, 2.05) is 20.0 Å². The van der Waals surface area contributed by atoms with Gasteiger partial charge in [-0.05, 0) is 19.4 Å². The molecule has 0 fully saturated rings. The van der Waals surface area contributed by atoms with E-state index in [1.54, 1.807) is 10.9 Å². The quantitative estimate of drug-likeness (QED) is 0.688. The molecule has 1 unspecified atom stereocenters. The Hall–Kier alpha value is -0.870. The van der Waals surface area contributed by atoms with Gasteiger partial charge < -0.3 is 10.5 Å². The number of nitrogens with zero attached hydrogens (tertiary/aromatic N) is 2. The number of hydrogen-bond acceptors (Lipinski definition) is 3. The summed E-state index contributed by atoms with van der Waals surface area (Å²) in [4.78, 5) is 0. The van der Waals surface area contributed by atoms with E-state index in [1.165, 1.54) is 0 Å². The van der Waals surface area contributed by atoms with Crippen molar-refractivity contribution in [2.75, 3.05) is 13.2 Å². The second-order valence-corrected chi connectivity index (χ2v) is 2.97. The van der Waals surface area contributed by atoms with Crippen molar-refractivity contribution >= 4 is 0 Å². The normalized spacial score (nSPS) is 13.2. The summed E-state index contributed by atoms with van der Waals surface area (Å²) in [5, 5.41) is 4.06. The lowest BCUT2D eigenvalue weighted by Crippen LogP contribution is -2.16. The van der Waals surface area contributed by atoms with Gasteiger partial charge in [0.05, 0.1) is 5.69 Å². The van der Waals surface area contributed by atoms with Crippen LogP contribution < -0.4 is 5.73 Å². The highest BCUT2D eigenvalue weighted by atomic mass is 16.5. The van der Waals surface area contributed by atoms with Gasteiger partial charge in [-0.1, -0.05) is 0 Å². The maximum atomic E-state index is 5.94. The molecule has 0 spiro atoms. The van der Waals surface area contributed by atoms with Crippen LogP contribution in [0.25, 0.3) is 0 Å². The summed E-state index contributed by atoms with van der Waals surface area (Å²) in [6, 6.07) is 1.97. The van der Waals surface area contributed by atoms with Crippen molar-refractivity contribution in [1.29, 1.82) is 0 Å². The first-order valence-corrected chi connectivity index (χ1v) is 4.57. The van der Waals surface area contributed by atoms with E-state index >= 15 is 0 Å². The van der Waals surface area contributed by atoms with E-state index in [0.29, 0.717) is 6.61 Å². The summed E-state index contributed by atoms with van der Waals surface area (Å²) in [7, 11) is 1.90. The molecule has 0 aliphatic rings. The predicted octanol–water partition coefficient (Wildman–Crippen LogP) is 0.847. The van der Waals surface area contributed by atoms with Gasteiger partial charge in [0.25, 0.3) is 0 Å². The average Bonchev–Trinajstić information content (AvgIpc) is 2.52. The fourth-order valence-corrected chi connectivity index (χ4v) is 1.25. The minimum Gasteiger partial charge on any atom is -0.382 e. The molecule has 0 aliphatic carbocycles. The van der Waals surface area contributed by atoms with E-state index in [2.05, 4.69) is 5.10 Å². The Balaban J connectivity index is 2.39. The average molecular weight is 183 g/mol. The standard InChI is InChI=1S/C9H17N3O/c1-3-13-7-5-8(10)9-4-6-11-12(9)2/h4,6,8H,3,5,7,10H2,1-2H3. The summed E-state index contributed by atoms with van der Waals surface area (Å²) in [6.45, 7) is 3.44. The first-order chi connectivity index (χ1) is 6.25. The Bertz CT molecular complexity index is 247. The first kappa shape index (κ1) is 10.2. The van der Waals surface area contributed by atoms with Crippen molar-refractivity contribution in [2.45, 2.75) is 19.4 Å². The van der Waals surface area contributed by atoms with Crippen LogP contribution in [-0.2, 0) is 11.8 Å². The predicted molar refractivity (Wildman–Crippen MR) is 51.2 cm³/mol. The molecule has 4 heteroatoms. The maximum Gasteiger partial charge on any atom is 0.0548 e.